The third-order valence-electron chi connectivity index (χ3n) is 3.75. The molecule has 2 heterocycles. The summed E-state index contributed by atoms with van der Waals surface area (Å²) in [5, 5.41) is 9.24. The molecule has 2 rings (SSSR count). The standard InChI is InChI=1S/C17H28N4/c1-11(2)7-14(8-12(3)4)19-15-9-16-13(5)20-21(6)17(16)18-10-15/h9-12,14,19H,7-8H2,1-6H3. The Bertz CT molecular complexity index is 588. The van der Waals surface area contributed by atoms with Crippen LogP contribution in [0.5, 0.6) is 0 Å². The van der Waals surface area contributed by atoms with Crippen LogP contribution in [0, 0.1) is 18.8 Å². The topological polar surface area (TPSA) is 42.7 Å². The van der Waals surface area contributed by atoms with Gasteiger partial charge in [-0.25, -0.2) is 4.98 Å². The summed E-state index contributed by atoms with van der Waals surface area (Å²) in [6.07, 6.45) is 4.29. The highest BCUT2D eigenvalue weighted by molar-refractivity contribution is 5.81. The van der Waals surface area contributed by atoms with E-state index in [-0.39, 0.29) is 0 Å². The summed E-state index contributed by atoms with van der Waals surface area (Å²) in [6.45, 7) is 11.2. The fraction of sp³-hybridized carbons (Fsp3) is 0.647. The second-order valence-electron chi connectivity index (χ2n) is 6.90. The van der Waals surface area contributed by atoms with Crippen molar-refractivity contribution in [3.05, 3.63) is 18.0 Å². The van der Waals surface area contributed by atoms with Crippen LogP contribution >= 0.6 is 0 Å². The highest BCUT2D eigenvalue weighted by Gasteiger charge is 2.14. The third kappa shape index (κ3) is 3.96. The Morgan fingerprint density at radius 1 is 1.14 bits per heavy atom. The predicted octanol–water partition coefficient (Wildman–Crippen LogP) is 4.15. The molecule has 0 aliphatic carbocycles. The molecule has 0 spiro atoms. The van der Waals surface area contributed by atoms with Crippen molar-refractivity contribution in [2.45, 2.75) is 53.5 Å². The van der Waals surface area contributed by atoms with E-state index in [0.717, 1.165) is 22.4 Å². The van der Waals surface area contributed by atoms with Gasteiger partial charge in [-0.05, 0) is 37.7 Å². The molecule has 0 fully saturated rings. The largest absolute Gasteiger partial charge is 0.381 e. The molecular formula is C17H28N4. The number of aromatic nitrogens is 3. The summed E-state index contributed by atoms with van der Waals surface area (Å²) >= 11 is 0. The molecule has 116 valence electrons. The fourth-order valence-corrected chi connectivity index (χ4v) is 2.97. The second-order valence-corrected chi connectivity index (χ2v) is 6.90. The number of fused-ring (bicyclic) bond motifs is 1. The van der Waals surface area contributed by atoms with Crippen LogP contribution in [0.2, 0.25) is 0 Å². The van der Waals surface area contributed by atoms with Crippen molar-refractivity contribution >= 4 is 16.7 Å². The Hall–Kier alpha value is -1.58. The van der Waals surface area contributed by atoms with Gasteiger partial charge < -0.3 is 5.32 Å². The van der Waals surface area contributed by atoms with Gasteiger partial charge in [0.15, 0.2) is 5.65 Å². The van der Waals surface area contributed by atoms with E-state index in [2.05, 4.69) is 49.2 Å². The van der Waals surface area contributed by atoms with Crippen LogP contribution in [0.25, 0.3) is 11.0 Å². The second kappa shape index (κ2) is 6.46. The van der Waals surface area contributed by atoms with Crippen molar-refractivity contribution < 1.29 is 0 Å². The lowest BCUT2D eigenvalue weighted by Crippen LogP contribution is -2.23. The Balaban J connectivity index is 2.21. The predicted molar refractivity (Wildman–Crippen MR) is 89.6 cm³/mol. The first-order chi connectivity index (χ1) is 9.86. The van der Waals surface area contributed by atoms with E-state index in [1.165, 1.54) is 12.8 Å². The van der Waals surface area contributed by atoms with Gasteiger partial charge in [-0.2, -0.15) is 5.10 Å². The van der Waals surface area contributed by atoms with Crippen molar-refractivity contribution in [1.82, 2.24) is 14.8 Å². The van der Waals surface area contributed by atoms with Gasteiger partial charge >= 0.3 is 0 Å². The van der Waals surface area contributed by atoms with Crippen LogP contribution in [-0.2, 0) is 7.05 Å². The molecule has 0 aliphatic heterocycles. The molecule has 0 atom stereocenters. The van der Waals surface area contributed by atoms with E-state index in [0.29, 0.717) is 17.9 Å². The number of pyridine rings is 1. The molecule has 2 aromatic rings. The normalized spacial score (nSPS) is 12.0. The lowest BCUT2D eigenvalue weighted by atomic mass is 9.95. The quantitative estimate of drug-likeness (QED) is 0.868. The van der Waals surface area contributed by atoms with Gasteiger partial charge in [-0.15, -0.1) is 0 Å². The van der Waals surface area contributed by atoms with Crippen LogP contribution in [0.4, 0.5) is 5.69 Å². The van der Waals surface area contributed by atoms with Gasteiger partial charge in [0, 0.05) is 18.5 Å². The zero-order chi connectivity index (χ0) is 15.6. The molecule has 21 heavy (non-hydrogen) atoms. The van der Waals surface area contributed by atoms with Crippen molar-refractivity contribution in [2.24, 2.45) is 18.9 Å². The average Bonchev–Trinajstić information content (AvgIpc) is 2.63. The van der Waals surface area contributed by atoms with E-state index >= 15 is 0 Å². The van der Waals surface area contributed by atoms with Crippen molar-refractivity contribution in [3.63, 3.8) is 0 Å². The lowest BCUT2D eigenvalue weighted by Gasteiger charge is -2.23. The Morgan fingerprint density at radius 2 is 1.76 bits per heavy atom. The smallest absolute Gasteiger partial charge is 0.157 e. The van der Waals surface area contributed by atoms with Gasteiger partial charge in [0.1, 0.15) is 0 Å². The molecule has 0 radical (unpaired) electrons. The molecule has 1 N–H and O–H groups in total. The van der Waals surface area contributed by atoms with Crippen LogP contribution in [-0.4, -0.2) is 20.8 Å². The highest BCUT2D eigenvalue weighted by Crippen LogP contribution is 2.22. The molecule has 2 aromatic heterocycles. The number of aryl methyl sites for hydroxylation is 2. The fourth-order valence-electron chi connectivity index (χ4n) is 2.97. The maximum absolute atomic E-state index is 4.55. The first-order valence-electron chi connectivity index (χ1n) is 7.92. The molecule has 0 bridgehead atoms. The average molecular weight is 288 g/mol. The van der Waals surface area contributed by atoms with E-state index in [4.69, 9.17) is 0 Å². The number of hydrogen-bond donors (Lipinski definition) is 1. The van der Waals surface area contributed by atoms with Crippen molar-refractivity contribution in [3.8, 4) is 0 Å². The van der Waals surface area contributed by atoms with E-state index in [1.54, 1.807) is 0 Å². The molecule has 0 aliphatic rings. The summed E-state index contributed by atoms with van der Waals surface area (Å²) in [6, 6.07) is 2.68. The number of hydrogen-bond acceptors (Lipinski definition) is 3. The molecule has 4 nitrogen and oxygen atoms in total. The highest BCUT2D eigenvalue weighted by atomic mass is 15.3. The number of anilines is 1. The first kappa shape index (κ1) is 15.8. The minimum Gasteiger partial charge on any atom is -0.381 e. The maximum atomic E-state index is 4.55. The number of nitrogens with zero attached hydrogens (tertiary/aromatic N) is 3. The lowest BCUT2D eigenvalue weighted by molar-refractivity contribution is 0.442. The molecular weight excluding hydrogens is 260 g/mol. The maximum Gasteiger partial charge on any atom is 0.157 e. The third-order valence-corrected chi connectivity index (χ3v) is 3.75. The van der Waals surface area contributed by atoms with Gasteiger partial charge in [0.25, 0.3) is 0 Å². The van der Waals surface area contributed by atoms with Crippen molar-refractivity contribution in [2.75, 3.05) is 5.32 Å². The summed E-state index contributed by atoms with van der Waals surface area (Å²) < 4.78 is 1.84. The summed E-state index contributed by atoms with van der Waals surface area (Å²) in [5.41, 5.74) is 3.08. The van der Waals surface area contributed by atoms with Gasteiger partial charge in [0.2, 0.25) is 0 Å². The van der Waals surface area contributed by atoms with Gasteiger partial charge in [0.05, 0.1) is 17.6 Å². The first-order valence-corrected chi connectivity index (χ1v) is 7.92. The molecule has 0 saturated heterocycles. The summed E-state index contributed by atoms with van der Waals surface area (Å²) in [5.74, 6) is 1.39. The van der Waals surface area contributed by atoms with E-state index in [1.807, 2.05) is 24.9 Å². The zero-order valence-corrected chi connectivity index (χ0v) is 14.1. The van der Waals surface area contributed by atoms with E-state index in [9.17, 15) is 0 Å². The van der Waals surface area contributed by atoms with Gasteiger partial charge in [-0.3, -0.25) is 4.68 Å². The Labute approximate surface area is 128 Å². The van der Waals surface area contributed by atoms with Crippen molar-refractivity contribution in [1.29, 1.82) is 0 Å². The summed E-state index contributed by atoms with van der Waals surface area (Å²) in [7, 11) is 1.94. The zero-order valence-electron chi connectivity index (χ0n) is 14.1. The van der Waals surface area contributed by atoms with E-state index < -0.39 is 0 Å². The van der Waals surface area contributed by atoms with Gasteiger partial charge in [-0.1, -0.05) is 27.7 Å². The van der Waals surface area contributed by atoms with Crippen LogP contribution in [0.15, 0.2) is 12.3 Å². The molecule has 4 heteroatoms. The van der Waals surface area contributed by atoms with Crippen LogP contribution in [0.1, 0.15) is 46.2 Å². The minimum absolute atomic E-state index is 0.501. The Morgan fingerprint density at radius 3 is 2.33 bits per heavy atom. The van der Waals surface area contributed by atoms with Crippen LogP contribution < -0.4 is 5.32 Å². The SMILES string of the molecule is Cc1nn(C)c2ncc(NC(CC(C)C)CC(C)C)cc12. The molecule has 0 amide bonds. The van der Waals surface area contributed by atoms with Crippen LogP contribution in [0.3, 0.4) is 0 Å². The number of nitrogens with one attached hydrogen (secondary N) is 1. The molecule has 0 saturated carbocycles. The Kier molecular flexibility index (Phi) is 4.86. The molecule has 0 unspecified atom stereocenters. The monoisotopic (exact) mass is 288 g/mol. The number of rotatable bonds is 6. The minimum atomic E-state index is 0.501. The summed E-state index contributed by atoms with van der Waals surface area (Å²) in [4.78, 5) is 4.55. The molecule has 0 aromatic carbocycles.